The standard InChI is InChI=1S/C21H26N2O5/c1-3-14-12-23(21(27)22-20(14)26)19-11-17(25)18(28-19)10-9-16(24)13(2)15-7-5-4-6-8-15/h4-8,12-13,17-19,25H,3,9-11H2,1-2H3,(H,22,26,27)/t13-,17?,18-,19-/m0/s1. The summed E-state index contributed by atoms with van der Waals surface area (Å²) in [6.07, 6.45) is 0.926. The first kappa shape index (κ1) is 20.2. The molecule has 0 amide bonds. The number of nitrogens with one attached hydrogen (secondary N) is 1. The van der Waals surface area contributed by atoms with Gasteiger partial charge < -0.3 is 9.84 Å². The van der Waals surface area contributed by atoms with Crippen LogP contribution in [0, 0.1) is 0 Å². The molecule has 0 bridgehead atoms. The second kappa shape index (κ2) is 8.67. The summed E-state index contributed by atoms with van der Waals surface area (Å²) in [5.74, 6) is -0.135. The Morgan fingerprint density at radius 3 is 2.71 bits per heavy atom. The molecule has 0 spiro atoms. The molecule has 1 aromatic heterocycles. The average molecular weight is 386 g/mol. The molecule has 0 aliphatic carbocycles. The van der Waals surface area contributed by atoms with Gasteiger partial charge in [-0.1, -0.05) is 44.2 Å². The maximum absolute atomic E-state index is 12.5. The largest absolute Gasteiger partial charge is 0.390 e. The lowest BCUT2D eigenvalue weighted by molar-refractivity contribution is -0.121. The fourth-order valence-corrected chi connectivity index (χ4v) is 3.57. The number of hydrogen-bond acceptors (Lipinski definition) is 5. The number of rotatable bonds is 7. The number of H-pyrrole nitrogens is 1. The van der Waals surface area contributed by atoms with E-state index in [-0.39, 0.29) is 24.5 Å². The van der Waals surface area contributed by atoms with Gasteiger partial charge in [0.05, 0.1) is 12.2 Å². The van der Waals surface area contributed by atoms with Gasteiger partial charge in [0.25, 0.3) is 5.56 Å². The van der Waals surface area contributed by atoms with Crippen LogP contribution in [0.3, 0.4) is 0 Å². The summed E-state index contributed by atoms with van der Waals surface area (Å²) in [5, 5.41) is 10.3. The normalized spacial score (nSPS) is 22.9. The topological polar surface area (TPSA) is 101 Å². The third-order valence-electron chi connectivity index (χ3n) is 5.39. The molecule has 2 aromatic rings. The molecule has 7 nitrogen and oxygen atoms in total. The zero-order chi connectivity index (χ0) is 20.3. The number of hydrogen-bond donors (Lipinski definition) is 2. The minimum atomic E-state index is -0.770. The SMILES string of the molecule is CCc1cn([C@@H]2CC(O)[C@H](CCC(=O)[C@@H](C)c3ccccc3)O2)c(=O)[nH]c1=O. The molecule has 2 heterocycles. The van der Waals surface area contributed by atoms with Gasteiger partial charge in [-0.05, 0) is 18.4 Å². The number of ether oxygens (including phenoxy) is 1. The van der Waals surface area contributed by atoms with Gasteiger partial charge in [-0.2, -0.15) is 0 Å². The van der Waals surface area contributed by atoms with Gasteiger partial charge in [0, 0.05) is 30.5 Å². The van der Waals surface area contributed by atoms with Crippen molar-refractivity contribution in [3.05, 3.63) is 68.5 Å². The van der Waals surface area contributed by atoms with Crippen molar-refractivity contribution in [3.8, 4) is 0 Å². The van der Waals surface area contributed by atoms with Gasteiger partial charge in [0.2, 0.25) is 0 Å². The first-order chi connectivity index (χ1) is 13.4. The summed E-state index contributed by atoms with van der Waals surface area (Å²) in [6.45, 7) is 3.70. The van der Waals surface area contributed by atoms with Crippen LogP contribution in [0.1, 0.15) is 56.4 Å². The molecular formula is C21H26N2O5. The number of carbonyl (C=O) groups excluding carboxylic acids is 1. The third-order valence-corrected chi connectivity index (χ3v) is 5.39. The predicted octanol–water partition coefficient (Wildman–Crippen LogP) is 1.90. The molecule has 7 heteroatoms. The molecule has 0 saturated carbocycles. The number of carbonyl (C=O) groups is 1. The molecule has 1 saturated heterocycles. The van der Waals surface area contributed by atoms with Crippen LogP contribution in [0.25, 0.3) is 0 Å². The number of benzene rings is 1. The smallest absolute Gasteiger partial charge is 0.330 e. The van der Waals surface area contributed by atoms with Crippen LogP contribution >= 0.6 is 0 Å². The van der Waals surface area contributed by atoms with Crippen LogP contribution in [0.5, 0.6) is 0 Å². The molecule has 1 aromatic carbocycles. The Morgan fingerprint density at radius 2 is 2.04 bits per heavy atom. The molecule has 1 aliphatic rings. The predicted molar refractivity (Wildman–Crippen MR) is 104 cm³/mol. The second-order valence-corrected chi connectivity index (χ2v) is 7.24. The lowest BCUT2D eigenvalue weighted by Crippen LogP contribution is -2.34. The van der Waals surface area contributed by atoms with Crippen molar-refractivity contribution in [3.63, 3.8) is 0 Å². The molecule has 28 heavy (non-hydrogen) atoms. The van der Waals surface area contributed by atoms with E-state index < -0.39 is 29.7 Å². The zero-order valence-electron chi connectivity index (χ0n) is 16.1. The van der Waals surface area contributed by atoms with Crippen molar-refractivity contribution in [1.82, 2.24) is 9.55 Å². The van der Waals surface area contributed by atoms with Crippen molar-refractivity contribution in [2.24, 2.45) is 0 Å². The fourth-order valence-electron chi connectivity index (χ4n) is 3.57. The lowest BCUT2D eigenvalue weighted by atomic mass is 9.93. The van der Waals surface area contributed by atoms with Gasteiger partial charge in [-0.15, -0.1) is 0 Å². The number of aliphatic hydroxyl groups is 1. The highest BCUT2D eigenvalue weighted by Gasteiger charge is 2.36. The van der Waals surface area contributed by atoms with Crippen LogP contribution < -0.4 is 11.2 Å². The van der Waals surface area contributed by atoms with Gasteiger partial charge >= 0.3 is 5.69 Å². The number of aromatic nitrogens is 2. The number of nitrogens with zero attached hydrogens (tertiary/aromatic N) is 1. The van der Waals surface area contributed by atoms with Crippen molar-refractivity contribution < 1.29 is 14.6 Å². The van der Waals surface area contributed by atoms with E-state index in [1.54, 1.807) is 0 Å². The Bertz CT molecular complexity index is 934. The van der Waals surface area contributed by atoms with Crippen LogP contribution in [-0.4, -0.2) is 32.6 Å². The highest BCUT2D eigenvalue weighted by atomic mass is 16.5. The molecular weight excluding hydrogens is 360 g/mol. The van der Waals surface area contributed by atoms with E-state index in [9.17, 15) is 19.5 Å². The van der Waals surface area contributed by atoms with Crippen LogP contribution in [0.2, 0.25) is 0 Å². The summed E-state index contributed by atoms with van der Waals surface area (Å²) in [7, 11) is 0. The Balaban J connectivity index is 1.64. The van der Waals surface area contributed by atoms with E-state index >= 15 is 0 Å². The van der Waals surface area contributed by atoms with Crippen LogP contribution in [0.4, 0.5) is 0 Å². The third kappa shape index (κ3) is 4.31. The minimum absolute atomic E-state index is 0.0833. The van der Waals surface area contributed by atoms with Crippen molar-refractivity contribution >= 4 is 5.78 Å². The number of ketones is 1. The van der Waals surface area contributed by atoms with E-state index in [0.717, 1.165) is 5.56 Å². The van der Waals surface area contributed by atoms with Gasteiger partial charge in [0.1, 0.15) is 12.0 Å². The molecule has 1 aliphatic heterocycles. The molecule has 1 fully saturated rings. The van der Waals surface area contributed by atoms with Crippen molar-refractivity contribution in [1.29, 1.82) is 0 Å². The van der Waals surface area contributed by atoms with E-state index in [1.165, 1.54) is 10.8 Å². The summed E-state index contributed by atoms with van der Waals surface area (Å²) in [6, 6.07) is 9.56. The quantitative estimate of drug-likeness (QED) is 0.757. The van der Waals surface area contributed by atoms with Crippen LogP contribution in [0.15, 0.2) is 46.1 Å². The average Bonchev–Trinajstić information content (AvgIpc) is 3.06. The van der Waals surface area contributed by atoms with E-state index in [0.29, 0.717) is 18.4 Å². The number of aliphatic hydroxyl groups excluding tert-OH is 1. The maximum Gasteiger partial charge on any atom is 0.330 e. The van der Waals surface area contributed by atoms with Gasteiger partial charge in [-0.3, -0.25) is 19.1 Å². The molecule has 2 N–H and O–H groups in total. The van der Waals surface area contributed by atoms with Gasteiger partial charge in [-0.25, -0.2) is 4.79 Å². The first-order valence-electron chi connectivity index (χ1n) is 9.66. The second-order valence-electron chi connectivity index (χ2n) is 7.24. The van der Waals surface area contributed by atoms with Crippen molar-refractivity contribution in [2.75, 3.05) is 0 Å². The monoisotopic (exact) mass is 386 g/mol. The highest BCUT2D eigenvalue weighted by molar-refractivity contribution is 5.85. The summed E-state index contributed by atoms with van der Waals surface area (Å²) in [5.41, 5.74) is 0.478. The Morgan fingerprint density at radius 1 is 1.32 bits per heavy atom. The molecule has 1 unspecified atom stereocenters. The summed E-state index contributed by atoms with van der Waals surface area (Å²) < 4.78 is 7.17. The first-order valence-corrected chi connectivity index (χ1v) is 9.66. The molecule has 150 valence electrons. The summed E-state index contributed by atoms with van der Waals surface area (Å²) >= 11 is 0. The minimum Gasteiger partial charge on any atom is -0.390 e. The highest BCUT2D eigenvalue weighted by Crippen LogP contribution is 2.31. The maximum atomic E-state index is 12.5. The van der Waals surface area contributed by atoms with Gasteiger partial charge in [0.15, 0.2) is 0 Å². The van der Waals surface area contributed by atoms with E-state index in [2.05, 4.69) is 4.98 Å². The van der Waals surface area contributed by atoms with E-state index in [1.807, 2.05) is 44.2 Å². The number of Topliss-reactive ketones (excluding diaryl/α,β-unsaturated/α-hetero) is 1. The molecule has 4 atom stereocenters. The number of aromatic amines is 1. The molecule has 0 radical (unpaired) electrons. The Labute approximate surface area is 163 Å². The lowest BCUT2D eigenvalue weighted by Gasteiger charge is -2.17. The molecule has 3 rings (SSSR count). The zero-order valence-corrected chi connectivity index (χ0v) is 16.1. The summed E-state index contributed by atoms with van der Waals surface area (Å²) in [4.78, 5) is 38.6. The van der Waals surface area contributed by atoms with E-state index in [4.69, 9.17) is 4.74 Å². The Kier molecular flexibility index (Phi) is 6.26. The van der Waals surface area contributed by atoms with Crippen molar-refractivity contribution in [2.45, 2.75) is 63.9 Å². The number of aryl methyl sites for hydroxylation is 1. The Hall–Kier alpha value is -2.51. The van der Waals surface area contributed by atoms with Crippen LogP contribution in [-0.2, 0) is 16.0 Å². The fraction of sp³-hybridized carbons (Fsp3) is 0.476.